The van der Waals surface area contributed by atoms with Gasteiger partial charge in [-0.25, -0.2) is 0 Å². The van der Waals surface area contributed by atoms with Gasteiger partial charge in [0.1, 0.15) is 0 Å². The number of benzene rings is 2. The Morgan fingerprint density at radius 2 is 1.36 bits per heavy atom. The molecular weight excluding hydrogens is 194 g/mol. The minimum Gasteiger partial charge on any atom is -0.399 e. The molecule has 0 fully saturated rings. The molecular formula is C12H12ClN. The van der Waals surface area contributed by atoms with E-state index in [2.05, 4.69) is 18.2 Å². The third-order valence-electron chi connectivity index (χ3n) is 1.99. The van der Waals surface area contributed by atoms with Crippen molar-refractivity contribution in [2.45, 2.75) is 0 Å². The van der Waals surface area contributed by atoms with E-state index in [1.54, 1.807) is 0 Å². The number of rotatable bonds is 1. The first-order valence-corrected chi connectivity index (χ1v) is 4.27. The fraction of sp³-hybridized carbons (Fsp3) is 0. The fourth-order valence-electron chi connectivity index (χ4n) is 1.35. The van der Waals surface area contributed by atoms with E-state index in [9.17, 15) is 0 Å². The summed E-state index contributed by atoms with van der Waals surface area (Å²) in [6, 6.07) is 18.1. The summed E-state index contributed by atoms with van der Waals surface area (Å²) in [7, 11) is 0. The second kappa shape index (κ2) is 4.68. The van der Waals surface area contributed by atoms with Crippen LogP contribution in [0, 0.1) is 0 Å². The Labute approximate surface area is 90.0 Å². The lowest BCUT2D eigenvalue weighted by Crippen LogP contribution is -1.84. The highest BCUT2D eigenvalue weighted by atomic mass is 35.5. The summed E-state index contributed by atoms with van der Waals surface area (Å²) in [5, 5.41) is 0. The predicted octanol–water partition coefficient (Wildman–Crippen LogP) is 3.36. The number of anilines is 1. The Hall–Kier alpha value is -1.47. The molecule has 2 aromatic rings. The molecule has 0 saturated carbocycles. The third kappa shape index (κ3) is 2.27. The molecule has 0 amide bonds. The molecule has 0 radical (unpaired) electrons. The molecule has 0 aromatic heterocycles. The topological polar surface area (TPSA) is 26.0 Å². The second-order valence-electron chi connectivity index (χ2n) is 2.99. The number of nitrogens with two attached hydrogens (primary N) is 1. The van der Waals surface area contributed by atoms with Crippen molar-refractivity contribution in [3.05, 3.63) is 54.6 Å². The summed E-state index contributed by atoms with van der Waals surface area (Å²) < 4.78 is 0. The lowest BCUT2D eigenvalue weighted by molar-refractivity contribution is 1.61. The molecule has 2 aromatic carbocycles. The first-order valence-electron chi connectivity index (χ1n) is 4.27. The van der Waals surface area contributed by atoms with Gasteiger partial charge in [0.15, 0.2) is 0 Å². The van der Waals surface area contributed by atoms with Crippen molar-refractivity contribution in [2.75, 3.05) is 5.73 Å². The van der Waals surface area contributed by atoms with Crippen LogP contribution in [0.15, 0.2) is 54.6 Å². The van der Waals surface area contributed by atoms with Crippen LogP contribution in [0.5, 0.6) is 0 Å². The number of hydrogen-bond acceptors (Lipinski definition) is 1. The first-order chi connectivity index (χ1) is 6.36. The van der Waals surface area contributed by atoms with E-state index in [0.717, 1.165) is 5.69 Å². The molecule has 0 aliphatic rings. The zero-order chi connectivity index (χ0) is 9.10. The van der Waals surface area contributed by atoms with Crippen LogP contribution in [0.2, 0.25) is 0 Å². The standard InChI is InChI=1S/C12H11N.ClH/c13-12-8-4-7-11(9-12)10-5-2-1-3-6-10;/h1-9H,13H2;1H. The van der Waals surface area contributed by atoms with Crippen LogP contribution in [-0.2, 0) is 0 Å². The van der Waals surface area contributed by atoms with Crippen molar-refractivity contribution in [3.8, 4) is 11.1 Å². The van der Waals surface area contributed by atoms with Gasteiger partial charge in [-0.15, -0.1) is 12.4 Å². The minimum absolute atomic E-state index is 0. The van der Waals surface area contributed by atoms with E-state index in [1.165, 1.54) is 11.1 Å². The number of nitrogen functional groups attached to an aromatic ring is 1. The van der Waals surface area contributed by atoms with Crippen LogP contribution in [-0.4, -0.2) is 0 Å². The molecule has 0 heterocycles. The quantitative estimate of drug-likeness (QED) is 0.710. The highest BCUT2D eigenvalue weighted by molar-refractivity contribution is 5.85. The molecule has 0 aliphatic carbocycles. The zero-order valence-electron chi connectivity index (χ0n) is 7.68. The van der Waals surface area contributed by atoms with Crippen molar-refractivity contribution in [3.63, 3.8) is 0 Å². The number of halogens is 1. The molecule has 2 rings (SSSR count). The fourth-order valence-corrected chi connectivity index (χ4v) is 1.35. The summed E-state index contributed by atoms with van der Waals surface area (Å²) in [5.41, 5.74) is 8.87. The van der Waals surface area contributed by atoms with E-state index in [-0.39, 0.29) is 12.4 Å². The van der Waals surface area contributed by atoms with Crippen molar-refractivity contribution in [1.29, 1.82) is 0 Å². The number of hydrogen-bond donors (Lipinski definition) is 1. The molecule has 1 nitrogen and oxygen atoms in total. The molecule has 2 heteroatoms. The maximum atomic E-state index is 5.70. The van der Waals surface area contributed by atoms with E-state index in [1.807, 2.05) is 36.4 Å². The monoisotopic (exact) mass is 205 g/mol. The predicted molar refractivity (Wildman–Crippen MR) is 63.5 cm³/mol. The molecule has 0 aliphatic heterocycles. The first kappa shape index (κ1) is 10.6. The normalized spacial score (nSPS) is 9.14. The summed E-state index contributed by atoms with van der Waals surface area (Å²) in [6.45, 7) is 0. The molecule has 14 heavy (non-hydrogen) atoms. The van der Waals surface area contributed by atoms with Crippen LogP contribution < -0.4 is 5.73 Å². The Morgan fingerprint density at radius 3 is 2.00 bits per heavy atom. The van der Waals surface area contributed by atoms with E-state index in [4.69, 9.17) is 5.73 Å². The Balaban J connectivity index is 0.000000980. The van der Waals surface area contributed by atoms with Gasteiger partial charge in [0, 0.05) is 5.69 Å². The highest BCUT2D eigenvalue weighted by Crippen LogP contribution is 2.20. The maximum Gasteiger partial charge on any atom is 0.0320 e. The van der Waals surface area contributed by atoms with Gasteiger partial charge in [-0.2, -0.15) is 0 Å². The van der Waals surface area contributed by atoms with Crippen molar-refractivity contribution in [1.82, 2.24) is 0 Å². The molecule has 0 unspecified atom stereocenters. The van der Waals surface area contributed by atoms with Crippen LogP contribution >= 0.6 is 12.4 Å². The molecule has 0 saturated heterocycles. The molecule has 0 atom stereocenters. The van der Waals surface area contributed by atoms with Gasteiger partial charge in [0.25, 0.3) is 0 Å². The highest BCUT2D eigenvalue weighted by Gasteiger charge is 1.94. The van der Waals surface area contributed by atoms with E-state index >= 15 is 0 Å². The lowest BCUT2D eigenvalue weighted by atomic mass is 10.1. The lowest BCUT2D eigenvalue weighted by Gasteiger charge is -2.01. The SMILES string of the molecule is Cl.Nc1cccc(-c2ccccc2)c1. The van der Waals surface area contributed by atoms with Gasteiger partial charge in [0.05, 0.1) is 0 Å². The van der Waals surface area contributed by atoms with Gasteiger partial charge < -0.3 is 5.73 Å². The van der Waals surface area contributed by atoms with Crippen LogP contribution in [0.4, 0.5) is 5.69 Å². The van der Waals surface area contributed by atoms with Crippen LogP contribution in [0.25, 0.3) is 11.1 Å². The third-order valence-corrected chi connectivity index (χ3v) is 1.99. The Bertz CT molecular complexity index is 398. The van der Waals surface area contributed by atoms with E-state index < -0.39 is 0 Å². The van der Waals surface area contributed by atoms with Crippen LogP contribution in [0.1, 0.15) is 0 Å². The smallest absolute Gasteiger partial charge is 0.0320 e. The summed E-state index contributed by atoms with van der Waals surface area (Å²) in [5.74, 6) is 0. The van der Waals surface area contributed by atoms with E-state index in [0.29, 0.717) is 0 Å². The van der Waals surface area contributed by atoms with Gasteiger partial charge in [0.2, 0.25) is 0 Å². The largest absolute Gasteiger partial charge is 0.399 e. The van der Waals surface area contributed by atoms with Crippen LogP contribution in [0.3, 0.4) is 0 Å². The molecule has 0 bridgehead atoms. The average molecular weight is 206 g/mol. The molecule has 2 N–H and O–H groups in total. The molecule has 72 valence electrons. The Morgan fingerprint density at radius 1 is 0.714 bits per heavy atom. The zero-order valence-corrected chi connectivity index (χ0v) is 8.50. The van der Waals surface area contributed by atoms with Gasteiger partial charge >= 0.3 is 0 Å². The van der Waals surface area contributed by atoms with Gasteiger partial charge in [-0.3, -0.25) is 0 Å². The van der Waals surface area contributed by atoms with Crippen molar-refractivity contribution >= 4 is 18.1 Å². The van der Waals surface area contributed by atoms with Crippen molar-refractivity contribution in [2.24, 2.45) is 0 Å². The minimum atomic E-state index is 0. The van der Waals surface area contributed by atoms with Gasteiger partial charge in [-0.05, 0) is 23.3 Å². The Kier molecular flexibility index (Phi) is 3.55. The summed E-state index contributed by atoms with van der Waals surface area (Å²) >= 11 is 0. The van der Waals surface area contributed by atoms with Crippen molar-refractivity contribution < 1.29 is 0 Å². The summed E-state index contributed by atoms with van der Waals surface area (Å²) in [4.78, 5) is 0. The summed E-state index contributed by atoms with van der Waals surface area (Å²) in [6.07, 6.45) is 0. The molecule has 0 spiro atoms. The second-order valence-corrected chi connectivity index (χ2v) is 2.99. The maximum absolute atomic E-state index is 5.70. The van der Waals surface area contributed by atoms with Gasteiger partial charge in [-0.1, -0.05) is 42.5 Å². The average Bonchev–Trinajstić information content (AvgIpc) is 2.19.